The number of carboxylic acids is 1. The Morgan fingerprint density at radius 1 is 1.17 bits per heavy atom. The van der Waals surface area contributed by atoms with Gasteiger partial charge in [-0.1, -0.05) is 18.2 Å². The van der Waals surface area contributed by atoms with Crippen molar-refractivity contribution in [2.75, 3.05) is 19.5 Å². The predicted octanol–water partition coefficient (Wildman–Crippen LogP) is 1.95. The topological polar surface area (TPSA) is 110 Å². The molecular weight excluding hydrogens is 336 g/mol. The van der Waals surface area contributed by atoms with E-state index in [9.17, 15) is 18.3 Å². The molecule has 24 heavy (non-hydrogen) atoms. The van der Waals surface area contributed by atoms with Crippen LogP contribution in [0, 0.1) is 0 Å². The lowest BCUT2D eigenvalue weighted by molar-refractivity contribution is 0.0692. The van der Waals surface area contributed by atoms with Crippen LogP contribution in [0.4, 0.5) is 0 Å². The second-order valence-electron chi connectivity index (χ2n) is 4.81. The summed E-state index contributed by atoms with van der Waals surface area (Å²) in [5.41, 5.74) is -0.393. The standard InChI is InChI=1S/C16H16O7S/c1-22-14-10-11(9-13(15(14)17)16(18)19)23-7-8-24(20,21)12-5-3-2-4-6-12/h2-6,9-10,17H,7-8H2,1H3,(H,18,19). The van der Waals surface area contributed by atoms with Gasteiger partial charge in [-0.25, -0.2) is 13.2 Å². The number of benzene rings is 2. The average Bonchev–Trinajstić information content (AvgIpc) is 2.56. The third-order valence-electron chi connectivity index (χ3n) is 3.22. The molecule has 2 aromatic carbocycles. The van der Waals surface area contributed by atoms with Crippen LogP contribution in [-0.2, 0) is 9.84 Å². The fraction of sp³-hybridized carbons (Fsp3) is 0.188. The second-order valence-corrected chi connectivity index (χ2v) is 6.92. The van der Waals surface area contributed by atoms with E-state index in [1.165, 1.54) is 25.3 Å². The zero-order valence-electron chi connectivity index (χ0n) is 12.8. The molecule has 0 saturated heterocycles. The van der Waals surface area contributed by atoms with Crippen molar-refractivity contribution in [2.24, 2.45) is 0 Å². The van der Waals surface area contributed by atoms with Crippen molar-refractivity contribution in [2.45, 2.75) is 4.90 Å². The Labute approximate surface area is 139 Å². The molecular formula is C16H16O7S. The zero-order valence-corrected chi connectivity index (χ0v) is 13.6. The van der Waals surface area contributed by atoms with Gasteiger partial charge in [-0.3, -0.25) is 0 Å². The highest BCUT2D eigenvalue weighted by atomic mass is 32.2. The number of hydrogen-bond donors (Lipinski definition) is 2. The lowest BCUT2D eigenvalue weighted by atomic mass is 10.1. The van der Waals surface area contributed by atoms with Crippen LogP contribution >= 0.6 is 0 Å². The number of carboxylic acid groups (broad SMARTS) is 1. The second kappa shape index (κ2) is 7.22. The minimum absolute atomic E-state index is 0.0733. The molecule has 0 fully saturated rings. The van der Waals surface area contributed by atoms with Crippen molar-refractivity contribution in [1.29, 1.82) is 0 Å². The van der Waals surface area contributed by atoms with Crippen LogP contribution in [0.15, 0.2) is 47.4 Å². The van der Waals surface area contributed by atoms with E-state index < -0.39 is 27.1 Å². The first-order valence-corrected chi connectivity index (χ1v) is 8.55. The van der Waals surface area contributed by atoms with Crippen molar-refractivity contribution in [1.82, 2.24) is 0 Å². The Balaban J connectivity index is 2.12. The van der Waals surface area contributed by atoms with E-state index in [-0.39, 0.29) is 28.8 Å². The molecule has 128 valence electrons. The predicted molar refractivity (Wildman–Crippen MR) is 85.6 cm³/mol. The Morgan fingerprint density at radius 3 is 2.42 bits per heavy atom. The molecule has 2 rings (SSSR count). The summed E-state index contributed by atoms with van der Waals surface area (Å²) >= 11 is 0. The summed E-state index contributed by atoms with van der Waals surface area (Å²) in [6.45, 7) is -0.176. The first-order valence-electron chi connectivity index (χ1n) is 6.90. The molecule has 0 saturated carbocycles. The maximum atomic E-state index is 12.1. The van der Waals surface area contributed by atoms with Gasteiger partial charge in [0.2, 0.25) is 0 Å². The van der Waals surface area contributed by atoms with Gasteiger partial charge in [0.25, 0.3) is 0 Å². The van der Waals surface area contributed by atoms with Crippen LogP contribution in [0.2, 0.25) is 0 Å². The van der Waals surface area contributed by atoms with Gasteiger partial charge in [0.1, 0.15) is 17.9 Å². The van der Waals surface area contributed by atoms with Crippen LogP contribution in [-0.4, -0.2) is 44.1 Å². The van der Waals surface area contributed by atoms with Crippen molar-refractivity contribution in [3.63, 3.8) is 0 Å². The number of phenols is 1. The van der Waals surface area contributed by atoms with Crippen LogP contribution in [0.25, 0.3) is 0 Å². The highest BCUT2D eigenvalue weighted by molar-refractivity contribution is 7.91. The number of aromatic carboxylic acids is 1. The summed E-state index contributed by atoms with van der Waals surface area (Å²) in [4.78, 5) is 11.3. The van der Waals surface area contributed by atoms with E-state index in [0.29, 0.717) is 0 Å². The van der Waals surface area contributed by atoms with E-state index >= 15 is 0 Å². The number of methoxy groups -OCH3 is 1. The normalized spacial score (nSPS) is 11.0. The largest absolute Gasteiger partial charge is 0.504 e. The summed E-state index contributed by atoms with van der Waals surface area (Å²) in [7, 11) is -2.23. The molecule has 2 aromatic rings. The Kier molecular flexibility index (Phi) is 5.30. The molecule has 0 aliphatic heterocycles. The van der Waals surface area contributed by atoms with Crippen molar-refractivity contribution < 1.29 is 32.9 Å². The maximum Gasteiger partial charge on any atom is 0.339 e. The molecule has 0 bridgehead atoms. The third kappa shape index (κ3) is 3.96. The van der Waals surface area contributed by atoms with Crippen LogP contribution in [0.3, 0.4) is 0 Å². The minimum Gasteiger partial charge on any atom is -0.504 e. The SMILES string of the molecule is COc1cc(OCCS(=O)(=O)c2ccccc2)cc(C(=O)O)c1O. The number of aromatic hydroxyl groups is 1. The van der Waals surface area contributed by atoms with Crippen LogP contribution in [0.5, 0.6) is 17.2 Å². The van der Waals surface area contributed by atoms with Crippen molar-refractivity contribution in [3.05, 3.63) is 48.0 Å². The van der Waals surface area contributed by atoms with Gasteiger partial charge in [0.15, 0.2) is 21.3 Å². The molecule has 0 unspecified atom stereocenters. The molecule has 0 aliphatic carbocycles. The summed E-state index contributed by atoms with van der Waals surface area (Å²) < 4.78 is 34.5. The average molecular weight is 352 g/mol. The number of hydrogen-bond acceptors (Lipinski definition) is 6. The Morgan fingerprint density at radius 2 is 1.83 bits per heavy atom. The maximum absolute atomic E-state index is 12.1. The quantitative estimate of drug-likeness (QED) is 0.783. The summed E-state index contributed by atoms with van der Waals surface area (Å²) in [5, 5.41) is 18.8. The van der Waals surface area contributed by atoms with E-state index in [0.717, 1.165) is 6.07 Å². The van der Waals surface area contributed by atoms with Gasteiger partial charge < -0.3 is 19.7 Å². The fourth-order valence-corrected chi connectivity index (χ4v) is 3.11. The number of sulfone groups is 1. The summed E-state index contributed by atoms with van der Waals surface area (Å²) in [6, 6.07) is 10.3. The van der Waals surface area contributed by atoms with Gasteiger partial charge in [-0.2, -0.15) is 0 Å². The molecule has 0 aromatic heterocycles. The Hall–Kier alpha value is -2.74. The monoisotopic (exact) mass is 352 g/mol. The molecule has 0 amide bonds. The van der Waals surface area contributed by atoms with E-state index in [1.54, 1.807) is 18.2 Å². The van der Waals surface area contributed by atoms with Crippen LogP contribution in [0.1, 0.15) is 10.4 Å². The van der Waals surface area contributed by atoms with Crippen molar-refractivity contribution >= 4 is 15.8 Å². The van der Waals surface area contributed by atoms with Gasteiger partial charge in [-0.15, -0.1) is 0 Å². The molecule has 8 heteroatoms. The molecule has 0 aliphatic rings. The van der Waals surface area contributed by atoms with E-state index in [2.05, 4.69) is 0 Å². The molecule has 0 radical (unpaired) electrons. The third-order valence-corrected chi connectivity index (χ3v) is 4.92. The zero-order chi connectivity index (χ0) is 17.7. The number of rotatable bonds is 7. The van der Waals surface area contributed by atoms with Crippen LogP contribution < -0.4 is 9.47 Å². The first kappa shape index (κ1) is 17.6. The highest BCUT2D eigenvalue weighted by Crippen LogP contribution is 2.34. The van der Waals surface area contributed by atoms with Gasteiger partial charge in [0, 0.05) is 6.07 Å². The van der Waals surface area contributed by atoms with E-state index in [1.807, 2.05) is 0 Å². The van der Waals surface area contributed by atoms with Crippen molar-refractivity contribution in [3.8, 4) is 17.2 Å². The van der Waals surface area contributed by atoms with Gasteiger partial charge >= 0.3 is 5.97 Å². The molecule has 2 N–H and O–H groups in total. The lowest BCUT2D eigenvalue weighted by Crippen LogP contribution is -2.14. The smallest absolute Gasteiger partial charge is 0.339 e. The summed E-state index contributed by atoms with van der Waals surface area (Å²) in [5.74, 6) is -2.13. The fourth-order valence-electron chi connectivity index (χ4n) is 2.00. The molecule has 7 nitrogen and oxygen atoms in total. The number of ether oxygens (including phenoxy) is 2. The first-order chi connectivity index (χ1) is 11.3. The summed E-state index contributed by atoms with van der Waals surface area (Å²) in [6.07, 6.45) is 0. The van der Waals surface area contributed by atoms with Gasteiger partial charge in [-0.05, 0) is 18.2 Å². The highest BCUT2D eigenvalue weighted by Gasteiger charge is 2.18. The molecule has 0 heterocycles. The molecule has 0 atom stereocenters. The molecule has 0 spiro atoms. The Bertz CT molecular complexity index is 829. The van der Waals surface area contributed by atoms with Gasteiger partial charge in [0.05, 0.1) is 17.8 Å². The lowest BCUT2D eigenvalue weighted by Gasteiger charge is -2.11. The number of carbonyl (C=O) groups is 1. The van der Waals surface area contributed by atoms with E-state index in [4.69, 9.17) is 14.6 Å². The minimum atomic E-state index is -3.50.